The highest BCUT2D eigenvalue weighted by Crippen LogP contribution is 2.24. The number of hydrogen-bond donors (Lipinski definition) is 1. The van der Waals surface area contributed by atoms with Gasteiger partial charge in [-0.1, -0.05) is 12.1 Å². The molecule has 0 bridgehead atoms. The summed E-state index contributed by atoms with van der Waals surface area (Å²) < 4.78 is 18.7. The van der Waals surface area contributed by atoms with Crippen LogP contribution >= 0.6 is 0 Å². The fourth-order valence-corrected chi connectivity index (χ4v) is 2.65. The molecule has 1 fully saturated rings. The van der Waals surface area contributed by atoms with E-state index in [1.165, 1.54) is 12.1 Å². The molecule has 1 saturated heterocycles. The molecule has 1 aromatic rings. The van der Waals surface area contributed by atoms with Gasteiger partial charge >= 0.3 is 0 Å². The van der Waals surface area contributed by atoms with Crippen molar-refractivity contribution in [1.29, 1.82) is 0 Å². The van der Waals surface area contributed by atoms with Gasteiger partial charge in [0.1, 0.15) is 5.82 Å². The van der Waals surface area contributed by atoms with E-state index in [0.29, 0.717) is 6.54 Å². The zero-order chi connectivity index (χ0) is 13.1. The maximum Gasteiger partial charge on any atom is 0.123 e. The zero-order valence-corrected chi connectivity index (χ0v) is 11.0. The monoisotopic (exact) mass is 252 g/mol. The van der Waals surface area contributed by atoms with Gasteiger partial charge in [0.15, 0.2) is 0 Å². The van der Waals surface area contributed by atoms with Gasteiger partial charge in [-0.15, -0.1) is 0 Å². The molecular formula is C14H21FN2O. The van der Waals surface area contributed by atoms with Gasteiger partial charge in [0, 0.05) is 25.7 Å². The Morgan fingerprint density at radius 3 is 2.33 bits per heavy atom. The fraction of sp³-hybridized carbons (Fsp3) is 0.571. The molecule has 1 aliphatic heterocycles. The molecule has 0 aliphatic carbocycles. The van der Waals surface area contributed by atoms with E-state index in [1.807, 2.05) is 12.1 Å². The number of hydrogen-bond acceptors (Lipinski definition) is 3. The van der Waals surface area contributed by atoms with Crippen molar-refractivity contribution in [3.05, 3.63) is 35.6 Å². The van der Waals surface area contributed by atoms with Crippen LogP contribution in [0.25, 0.3) is 0 Å². The van der Waals surface area contributed by atoms with E-state index >= 15 is 0 Å². The molecule has 4 heteroatoms. The molecular weight excluding hydrogens is 231 g/mol. The minimum atomic E-state index is -0.210. The third-order valence-electron chi connectivity index (χ3n) is 3.37. The third kappa shape index (κ3) is 3.07. The van der Waals surface area contributed by atoms with Crippen LogP contribution < -0.4 is 5.73 Å². The van der Waals surface area contributed by atoms with E-state index in [1.54, 1.807) is 0 Å². The number of benzene rings is 1. The molecule has 0 saturated carbocycles. The Kier molecular flexibility index (Phi) is 4.32. The number of ether oxygens (including phenoxy) is 1. The summed E-state index contributed by atoms with van der Waals surface area (Å²) in [5.74, 6) is -0.210. The van der Waals surface area contributed by atoms with Gasteiger partial charge in [-0.05, 0) is 31.5 Å². The first-order valence-electron chi connectivity index (χ1n) is 6.45. The molecule has 0 aromatic heterocycles. The van der Waals surface area contributed by atoms with Crippen LogP contribution in [0.15, 0.2) is 24.3 Å². The Labute approximate surface area is 108 Å². The van der Waals surface area contributed by atoms with Gasteiger partial charge < -0.3 is 10.5 Å². The second-order valence-corrected chi connectivity index (χ2v) is 5.01. The summed E-state index contributed by atoms with van der Waals surface area (Å²) in [4.78, 5) is 2.33. The normalized spacial score (nSPS) is 27.1. The molecule has 18 heavy (non-hydrogen) atoms. The van der Waals surface area contributed by atoms with Crippen molar-refractivity contribution in [3.63, 3.8) is 0 Å². The van der Waals surface area contributed by atoms with Gasteiger partial charge in [-0.3, -0.25) is 4.90 Å². The Hall–Kier alpha value is -0.970. The predicted octanol–water partition coefficient (Wildman–Crippen LogP) is 1.93. The fourth-order valence-electron chi connectivity index (χ4n) is 2.65. The molecule has 0 radical (unpaired) electrons. The van der Waals surface area contributed by atoms with Crippen LogP contribution in [0.4, 0.5) is 4.39 Å². The summed E-state index contributed by atoms with van der Waals surface area (Å²) in [6.07, 6.45) is 0.423. The van der Waals surface area contributed by atoms with Crippen LogP contribution in [0.5, 0.6) is 0 Å². The lowest BCUT2D eigenvalue weighted by atomic mass is 10.0. The summed E-state index contributed by atoms with van der Waals surface area (Å²) in [6, 6.07) is 6.76. The minimum absolute atomic E-state index is 0.138. The first-order valence-corrected chi connectivity index (χ1v) is 6.45. The van der Waals surface area contributed by atoms with Crippen molar-refractivity contribution < 1.29 is 9.13 Å². The topological polar surface area (TPSA) is 38.5 Å². The Balaban J connectivity index is 2.14. The number of nitrogens with zero attached hydrogens (tertiary/aromatic N) is 1. The second-order valence-electron chi connectivity index (χ2n) is 5.01. The van der Waals surface area contributed by atoms with E-state index in [0.717, 1.165) is 18.7 Å². The average Bonchev–Trinajstić information content (AvgIpc) is 2.31. The van der Waals surface area contributed by atoms with Gasteiger partial charge in [-0.25, -0.2) is 4.39 Å². The molecule has 1 heterocycles. The van der Waals surface area contributed by atoms with Gasteiger partial charge in [0.2, 0.25) is 0 Å². The lowest BCUT2D eigenvalue weighted by Crippen LogP contribution is -2.48. The molecule has 0 spiro atoms. The molecule has 2 N–H and O–H groups in total. The Morgan fingerprint density at radius 1 is 1.28 bits per heavy atom. The highest BCUT2D eigenvalue weighted by molar-refractivity contribution is 5.20. The summed E-state index contributed by atoms with van der Waals surface area (Å²) in [6.45, 7) is 6.40. The SMILES string of the molecule is C[C@@H]1CN([C@H](CN)c2ccc(F)cc2)C[C@@H](C)O1. The van der Waals surface area contributed by atoms with Gasteiger partial charge in [0.25, 0.3) is 0 Å². The number of halogens is 1. The minimum Gasteiger partial charge on any atom is -0.373 e. The van der Waals surface area contributed by atoms with E-state index in [4.69, 9.17) is 10.5 Å². The molecule has 1 aliphatic rings. The smallest absolute Gasteiger partial charge is 0.123 e. The van der Waals surface area contributed by atoms with Crippen molar-refractivity contribution >= 4 is 0 Å². The van der Waals surface area contributed by atoms with Crippen LogP contribution in [0.3, 0.4) is 0 Å². The van der Waals surface area contributed by atoms with Crippen molar-refractivity contribution in [2.24, 2.45) is 5.73 Å². The first kappa shape index (κ1) is 13.5. The quantitative estimate of drug-likeness (QED) is 0.893. The highest BCUT2D eigenvalue weighted by atomic mass is 19.1. The number of nitrogens with two attached hydrogens (primary N) is 1. The van der Waals surface area contributed by atoms with Crippen LogP contribution in [-0.2, 0) is 4.74 Å². The van der Waals surface area contributed by atoms with Crippen LogP contribution in [0.2, 0.25) is 0 Å². The number of rotatable bonds is 3. The summed E-state index contributed by atoms with van der Waals surface area (Å²) in [5, 5.41) is 0. The van der Waals surface area contributed by atoms with Crippen LogP contribution in [-0.4, -0.2) is 36.7 Å². The molecule has 3 atom stereocenters. The van der Waals surface area contributed by atoms with Crippen molar-refractivity contribution in [3.8, 4) is 0 Å². The highest BCUT2D eigenvalue weighted by Gasteiger charge is 2.28. The Morgan fingerprint density at radius 2 is 1.83 bits per heavy atom. The maximum atomic E-state index is 13.0. The predicted molar refractivity (Wildman–Crippen MR) is 69.8 cm³/mol. The third-order valence-corrected chi connectivity index (χ3v) is 3.37. The summed E-state index contributed by atoms with van der Waals surface area (Å²) in [5.41, 5.74) is 6.96. The zero-order valence-electron chi connectivity index (χ0n) is 11.0. The van der Waals surface area contributed by atoms with E-state index < -0.39 is 0 Å². The van der Waals surface area contributed by atoms with Crippen LogP contribution in [0.1, 0.15) is 25.5 Å². The van der Waals surface area contributed by atoms with Crippen molar-refractivity contribution in [2.75, 3.05) is 19.6 Å². The average molecular weight is 252 g/mol. The molecule has 100 valence electrons. The van der Waals surface area contributed by atoms with Gasteiger partial charge in [-0.2, -0.15) is 0 Å². The van der Waals surface area contributed by atoms with Crippen LogP contribution in [0, 0.1) is 5.82 Å². The lowest BCUT2D eigenvalue weighted by molar-refractivity contribution is -0.0799. The van der Waals surface area contributed by atoms with Crippen molar-refractivity contribution in [2.45, 2.75) is 32.1 Å². The standard InChI is InChI=1S/C14H21FN2O/c1-10-8-17(9-11(2)18-10)14(7-16)12-3-5-13(15)6-4-12/h3-6,10-11,14H,7-9,16H2,1-2H3/t10-,11-,14-/m1/s1. The second kappa shape index (κ2) is 5.78. The van der Waals surface area contributed by atoms with E-state index in [9.17, 15) is 4.39 Å². The summed E-state index contributed by atoms with van der Waals surface area (Å²) >= 11 is 0. The molecule has 2 rings (SSSR count). The lowest BCUT2D eigenvalue weighted by Gasteiger charge is -2.40. The van der Waals surface area contributed by atoms with E-state index in [2.05, 4.69) is 18.7 Å². The van der Waals surface area contributed by atoms with Crippen molar-refractivity contribution in [1.82, 2.24) is 4.90 Å². The maximum absolute atomic E-state index is 13.0. The van der Waals surface area contributed by atoms with Gasteiger partial charge in [0.05, 0.1) is 12.2 Å². The molecule has 3 nitrogen and oxygen atoms in total. The Bertz CT molecular complexity index is 372. The largest absolute Gasteiger partial charge is 0.373 e. The van der Waals surface area contributed by atoms with E-state index in [-0.39, 0.29) is 24.1 Å². The molecule has 0 amide bonds. The molecule has 1 aromatic carbocycles. The molecule has 0 unspecified atom stereocenters. The summed E-state index contributed by atoms with van der Waals surface area (Å²) in [7, 11) is 0. The first-order chi connectivity index (χ1) is 8.60. The number of morpholine rings is 1.